The van der Waals surface area contributed by atoms with Gasteiger partial charge in [0, 0.05) is 18.3 Å². The van der Waals surface area contributed by atoms with Gasteiger partial charge in [0.25, 0.3) is 0 Å². The molecule has 0 aromatic rings. The number of hydrogen-bond donors (Lipinski definition) is 4. The Bertz CT molecular complexity index is 1440. The van der Waals surface area contributed by atoms with Crippen LogP contribution < -0.4 is 0 Å². The number of carbonyl (C=O) groups excluding carboxylic acids is 1. The second-order valence-electron chi connectivity index (χ2n) is 20.8. The summed E-state index contributed by atoms with van der Waals surface area (Å²) >= 11 is 0. The van der Waals surface area contributed by atoms with Gasteiger partial charge in [0.1, 0.15) is 6.10 Å². The molecule has 1 aliphatic heterocycles. The third-order valence-corrected chi connectivity index (χ3v) is 18.6. The molecule has 6 fully saturated rings. The highest BCUT2D eigenvalue weighted by atomic mass is 16.7. The predicted octanol–water partition coefficient (Wildman–Crippen LogP) is 6.82. The molecule has 2 spiro atoms. The Labute approximate surface area is 319 Å². The molecule has 17 atom stereocenters. The van der Waals surface area contributed by atoms with Crippen LogP contribution in [0, 0.1) is 62.1 Å². The van der Waals surface area contributed by atoms with Crippen LogP contribution in [-0.2, 0) is 23.7 Å². The van der Waals surface area contributed by atoms with E-state index in [1.807, 2.05) is 20.8 Å². The van der Waals surface area contributed by atoms with Crippen LogP contribution in [0.2, 0.25) is 0 Å². The van der Waals surface area contributed by atoms with Crippen LogP contribution in [0.15, 0.2) is 12.7 Å². The minimum absolute atomic E-state index is 0.00102. The number of rotatable bonds is 10. The Morgan fingerprint density at radius 2 is 1.68 bits per heavy atom. The maximum atomic E-state index is 13.4. The zero-order chi connectivity index (χ0) is 39.8. The molecule has 0 amide bonds. The quantitative estimate of drug-likeness (QED) is 0.108. The molecule has 304 valence electrons. The summed E-state index contributed by atoms with van der Waals surface area (Å²) in [5, 5.41) is 45.5. The molecule has 0 radical (unpaired) electrons. The second kappa shape index (κ2) is 12.7. The summed E-state index contributed by atoms with van der Waals surface area (Å²) in [6.45, 7) is 31.7. The molecule has 5 saturated carbocycles. The van der Waals surface area contributed by atoms with Crippen molar-refractivity contribution in [3.8, 4) is 0 Å². The van der Waals surface area contributed by atoms with Crippen LogP contribution in [0.25, 0.3) is 0 Å². The predicted molar refractivity (Wildman–Crippen MR) is 203 cm³/mol. The number of carbonyl (C=O) groups is 1. The van der Waals surface area contributed by atoms with Crippen LogP contribution in [0.4, 0.5) is 0 Å². The van der Waals surface area contributed by atoms with Crippen LogP contribution in [0.5, 0.6) is 0 Å². The van der Waals surface area contributed by atoms with Crippen molar-refractivity contribution < 1.29 is 44.2 Å². The van der Waals surface area contributed by atoms with Crippen molar-refractivity contribution >= 4 is 5.97 Å². The highest BCUT2D eigenvalue weighted by Crippen LogP contribution is 2.95. The number of fused-ring (bicyclic) bond motifs is 2. The van der Waals surface area contributed by atoms with Crippen molar-refractivity contribution in [2.45, 2.75) is 182 Å². The molecule has 4 N–H and O–H groups in total. The summed E-state index contributed by atoms with van der Waals surface area (Å²) < 4.78 is 25.6. The van der Waals surface area contributed by atoms with Gasteiger partial charge < -0.3 is 39.4 Å². The molecule has 9 nitrogen and oxygen atoms in total. The van der Waals surface area contributed by atoms with Gasteiger partial charge in [-0.15, -0.1) is 6.58 Å². The lowest BCUT2D eigenvalue weighted by atomic mass is 9.37. The van der Waals surface area contributed by atoms with Gasteiger partial charge in [0.15, 0.2) is 11.9 Å². The lowest BCUT2D eigenvalue weighted by molar-refractivity contribution is -0.350. The number of aliphatic hydroxyl groups is 4. The average Bonchev–Trinajstić information content (AvgIpc) is 3.55. The van der Waals surface area contributed by atoms with Crippen molar-refractivity contribution in [1.29, 1.82) is 0 Å². The van der Waals surface area contributed by atoms with E-state index in [0.717, 1.165) is 44.9 Å². The first-order valence-electron chi connectivity index (χ1n) is 20.8. The molecule has 1 heterocycles. The average molecular weight is 747 g/mol. The van der Waals surface area contributed by atoms with Gasteiger partial charge >= 0.3 is 5.97 Å². The summed E-state index contributed by atoms with van der Waals surface area (Å²) in [4.78, 5) is 12.1. The second-order valence-corrected chi connectivity index (χ2v) is 20.8. The van der Waals surface area contributed by atoms with E-state index in [4.69, 9.17) is 18.9 Å². The van der Waals surface area contributed by atoms with Crippen LogP contribution in [-0.4, -0.2) is 87.1 Å². The fourth-order valence-electron chi connectivity index (χ4n) is 15.2. The van der Waals surface area contributed by atoms with Crippen LogP contribution in [0.3, 0.4) is 0 Å². The molecule has 6 rings (SSSR count). The summed E-state index contributed by atoms with van der Waals surface area (Å²) in [7, 11) is 0. The molecule has 0 unspecified atom stereocenters. The van der Waals surface area contributed by atoms with Crippen molar-refractivity contribution in [3.63, 3.8) is 0 Å². The highest BCUT2D eigenvalue weighted by Gasteiger charge is 2.91. The number of esters is 1. The van der Waals surface area contributed by atoms with E-state index in [1.165, 1.54) is 6.92 Å². The van der Waals surface area contributed by atoms with E-state index in [2.05, 4.69) is 61.1 Å². The Balaban J connectivity index is 1.38. The highest BCUT2D eigenvalue weighted by molar-refractivity contribution is 5.66. The molecular formula is C44H74O9. The number of hydrogen-bond acceptors (Lipinski definition) is 9. The number of ether oxygens (including phenoxy) is 4. The van der Waals surface area contributed by atoms with Crippen molar-refractivity contribution in [3.05, 3.63) is 12.7 Å². The molecule has 9 heteroatoms. The monoisotopic (exact) mass is 747 g/mol. The lowest BCUT2D eigenvalue weighted by Crippen LogP contribution is -2.66. The topological polar surface area (TPSA) is 135 Å². The van der Waals surface area contributed by atoms with E-state index >= 15 is 0 Å². The van der Waals surface area contributed by atoms with Gasteiger partial charge in [-0.25, -0.2) is 0 Å². The minimum Gasteiger partial charge on any atom is -0.457 e. The van der Waals surface area contributed by atoms with Crippen molar-refractivity contribution in [2.24, 2.45) is 62.1 Å². The van der Waals surface area contributed by atoms with Gasteiger partial charge in [0.2, 0.25) is 0 Å². The Hall–Kier alpha value is -1.07. The zero-order valence-electron chi connectivity index (χ0n) is 35.3. The molecule has 0 bridgehead atoms. The zero-order valence-corrected chi connectivity index (χ0v) is 35.3. The first-order valence-corrected chi connectivity index (χ1v) is 20.8. The summed E-state index contributed by atoms with van der Waals surface area (Å²) in [5.74, 6) is -0.980. The van der Waals surface area contributed by atoms with E-state index in [1.54, 1.807) is 13.8 Å². The minimum atomic E-state index is -1.32. The normalized spacial score (nSPS) is 52.6. The summed E-state index contributed by atoms with van der Waals surface area (Å²) in [6, 6.07) is 0. The largest absolute Gasteiger partial charge is 0.457 e. The third kappa shape index (κ3) is 5.01. The maximum absolute atomic E-state index is 13.4. The van der Waals surface area contributed by atoms with Gasteiger partial charge in [-0.3, -0.25) is 4.79 Å². The fourth-order valence-corrected chi connectivity index (χ4v) is 15.2. The molecule has 6 aliphatic rings. The molecule has 53 heavy (non-hydrogen) atoms. The molecule has 5 aliphatic carbocycles. The molecule has 0 aromatic heterocycles. The summed E-state index contributed by atoms with van der Waals surface area (Å²) in [5.41, 5.74) is -3.80. The molecule has 0 aromatic carbocycles. The smallest absolute Gasteiger partial charge is 0.303 e. The van der Waals surface area contributed by atoms with Gasteiger partial charge in [0.05, 0.1) is 42.7 Å². The van der Waals surface area contributed by atoms with Gasteiger partial charge in [-0.2, -0.15) is 0 Å². The molecular weight excluding hydrogens is 672 g/mol. The first-order chi connectivity index (χ1) is 24.3. The van der Waals surface area contributed by atoms with Crippen molar-refractivity contribution in [2.75, 3.05) is 13.2 Å². The van der Waals surface area contributed by atoms with Gasteiger partial charge in [-0.05, 0) is 117 Å². The lowest BCUT2D eigenvalue weighted by Gasteiger charge is -2.68. The van der Waals surface area contributed by atoms with E-state index in [0.29, 0.717) is 5.92 Å². The summed E-state index contributed by atoms with van der Waals surface area (Å²) in [6.07, 6.45) is 5.56. The van der Waals surface area contributed by atoms with Crippen molar-refractivity contribution in [1.82, 2.24) is 0 Å². The van der Waals surface area contributed by atoms with Gasteiger partial charge in [-0.1, -0.05) is 67.9 Å². The Morgan fingerprint density at radius 1 is 1.04 bits per heavy atom. The Kier molecular flexibility index (Phi) is 9.97. The third-order valence-electron chi connectivity index (χ3n) is 18.6. The van der Waals surface area contributed by atoms with E-state index in [9.17, 15) is 25.2 Å². The SMILES string of the molecule is C=C[C@]12[C@@H]3CC[C@@]4(C)C(C)(C)[C@@H](O[C@]5(C)OC[C@@H](O)[C@H](O)[C@H]5C)CC[C@@]45[C@@H](C)[C@@]35CC[C@]1(C)[C@@H]([C@H](C)CC)[C@H](OC[C@H](OC(C)=O)C(C)(C)O)[C@]2(C)O. The first kappa shape index (κ1) is 41.6. The standard InChI is InChI=1S/C44H74O9/c1-15-25(3)33-35(50-24-32(37(9,10)48)52-28(6)45)40(13,49)43(16-2)30-17-19-39(12)36(7,8)31(53-41(14)26(4)34(47)29(46)23-51-41)18-20-44(39)27(5)42(30,44)22-21-38(33,43)11/h16,25-27,29-35,46-49H,2,15,17-24H2,1,3-14H3/t25-,26-,27+,29-,30-,31+,32+,33+,34-,35+,38-,39+,40+,41+,42+,43+,44-/m1/s1. The van der Waals surface area contributed by atoms with E-state index in [-0.39, 0.29) is 70.1 Å². The Morgan fingerprint density at radius 3 is 2.25 bits per heavy atom. The van der Waals surface area contributed by atoms with E-state index < -0.39 is 52.8 Å². The maximum Gasteiger partial charge on any atom is 0.303 e. The van der Waals surface area contributed by atoms with Crippen LogP contribution >= 0.6 is 0 Å². The van der Waals surface area contributed by atoms with Crippen LogP contribution in [0.1, 0.15) is 135 Å². The number of aliphatic hydroxyl groups excluding tert-OH is 2. The fraction of sp³-hybridized carbons (Fsp3) is 0.932. The molecule has 1 saturated heterocycles.